The highest BCUT2D eigenvalue weighted by Gasteiger charge is 2.18. The number of nitrogens with one attached hydrogen (secondary N) is 1. The summed E-state index contributed by atoms with van der Waals surface area (Å²) in [5.41, 5.74) is 5.85. The molecule has 0 heterocycles. The van der Waals surface area contributed by atoms with Crippen LogP contribution in [0.1, 0.15) is 40.5 Å². The number of hydrogen-bond acceptors (Lipinski definition) is 3. The molecule has 0 rings (SSSR count). The highest BCUT2D eigenvalue weighted by molar-refractivity contribution is 5.81. The molecule has 102 valence electrons. The fourth-order valence-electron chi connectivity index (χ4n) is 1.52. The summed E-state index contributed by atoms with van der Waals surface area (Å²) in [5.74, 6) is 0.208. The van der Waals surface area contributed by atoms with Crippen molar-refractivity contribution in [3.8, 4) is 0 Å². The second kappa shape index (κ2) is 8.48. The number of amides is 1. The standard InChI is InChI=1S/C13H29N3O/c1-6-10(3)12(14)13(17)15-8-9-16(5)11(4)7-2/h10-12H,6-9,14H2,1-5H3,(H,15,17)/t10-,11?,12-/m0/s1. The Morgan fingerprint density at radius 1 is 1.29 bits per heavy atom. The molecule has 0 aromatic heterocycles. The molecular weight excluding hydrogens is 214 g/mol. The van der Waals surface area contributed by atoms with Gasteiger partial charge in [0.2, 0.25) is 5.91 Å². The summed E-state index contributed by atoms with van der Waals surface area (Å²) in [6.07, 6.45) is 2.05. The Bertz CT molecular complexity index is 221. The summed E-state index contributed by atoms with van der Waals surface area (Å²) in [5, 5.41) is 2.90. The van der Waals surface area contributed by atoms with Crippen LogP contribution < -0.4 is 11.1 Å². The molecule has 0 aromatic carbocycles. The fourth-order valence-corrected chi connectivity index (χ4v) is 1.52. The zero-order chi connectivity index (χ0) is 13.4. The van der Waals surface area contributed by atoms with Gasteiger partial charge in [0.05, 0.1) is 6.04 Å². The number of hydrogen-bond donors (Lipinski definition) is 2. The van der Waals surface area contributed by atoms with E-state index in [4.69, 9.17) is 5.73 Å². The van der Waals surface area contributed by atoms with E-state index in [1.165, 1.54) is 0 Å². The van der Waals surface area contributed by atoms with Gasteiger partial charge in [-0.05, 0) is 26.3 Å². The van der Waals surface area contributed by atoms with Crippen molar-refractivity contribution in [2.45, 2.75) is 52.6 Å². The molecule has 0 saturated heterocycles. The summed E-state index contributed by atoms with van der Waals surface area (Å²) in [4.78, 5) is 14.0. The van der Waals surface area contributed by atoms with Gasteiger partial charge >= 0.3 is 0 Å². The predicted molar refractivity (Wildman–Crippen MR) is 72.8 cm³/mol. The van der Waals surface area contributed by atoms with Crippen molar-refractivity contribution in [2.75, 3.05) is 20.1 Å². The van der Waals surface area contributed by atoms with Crippen molar-refractivity contribution in [2.24, 2.45) is 11.7 Å². The van der Waals surface area contributed by atoms with Gasteiger partial charge in [0.15, 0.2) is 0 Å². The lowest BCUT2D eigenvalue weighted by molar-refractivity contribution is -0.123. The minimum Gasteiger partial charge on any atom is -0.353 e. The van der Waals surface area contributed by atoms with E-state index < -0.39 is 0 Å². The lowest BCUT2D eigenvalue weighted by Crippen LogP contribution is -2.46. The average molecular weight is 243 g/mol. The number of nitrogens with zero attached hydrogens (tertiary/aromatic N) is 1. The highest BCUT2D eigenvalue weighted by atomic mass is 16.2. The molecule has 4 nitrogen and oxygen atoms in total. The third-order valence-electron chi connectivity index (χ3n) is 3.67. The van der Waals surface area contributed by atoms with E-state index in [2.05, 4.69) is 38.0 Å². The Morgan fingerprint density at radius 3 is 2.35 bits per heavy atom. The van der Waals surface area contributed by atoms with Gasteiger partial charge in [-0.15, -0.1) is 0 Å². The van der Waals surface area contributed by atoms with Crippen LogP contribution in [0.5, 0.6) is 0 Å². The van der Waals surface area contributed by atoms with Gasteiger partial charge in [-0.1, -0.05) is 27.2 Å². The monoisotopic (exact) mass is 243 g/mol. The van der Waals surface area contributed by atoms with Crippen molar-refractivity contribution in [3.63, 3.8) is 0 Å². The molecule has 0 aliphatic heterocycles. The fraction of sp³-hybridized carbons (Fsp3) is 0.923. The first-order valence-electron chi connectivity index (χ1n) is 6.67. The molecular formula is C13H29N3O. The molecule has 0 fully saturated rings. The summed E-state index contributed by atoms with van der Waals surface area (Å²) in [6, 6.07) is 0.170. The molecule has 1 unspecified atom stereocenters. The molecule has 0 saturated carbocycles. The maximum atomic E-state index is 11.7. The summed E-state index contributed by atoms with van der Waals surface area (Å²) < 4.78 is 0. The molecule has 0 aliphatic rings. The van der Waals surface area contributed by atoms with Crippen molar-refractivity contribution in [3.05, 3.63) is 0 Å². The average Bonchev–Trinajstić information content (AvgIpc) is 2.35. The molecule has 4 heteroatoms. The van der Waals surface area contributed by atoms with Crippen LogP contribution in [0, 0.1) is 5.92 Å². The van der Waals surface area contributed by atoms with Crippen LogP contribution in [0.25, 0.3) is 0 Å². The van der Waals surface area contributed by atoms with E-state index in [0.717, 1.165) is 19.4 Å². The minimum atomic E-state index is -0.381. The van der Waals surface area contributed by atoms with E-state index >= 15 is 0 Å². The molecule has 1 amide bonds. The number of rotatable bonds is 8. The van der Waals surface area contributed by atoms with Crippen LogP contribution in [0.3, 0.4) is 0 Å². The summed E-state index contributed by atoms with van der Waals surface area (Å²) in [7, 11) is 2.08. The zero-order valence-corrected chi connectivity index (χ0v) is 12.0. The number of nitrogens with two attached hydrogens (primary N) is 1. The van der Waals surface area contributed by atoms with Gasteiger partial charge in [0.25, 0.3) is 0 Å². The quantitative estimate of drug-likeness (QED) is 0.673. The molecule has 0 spiro atoms. The van der Waals surface area contributed by atoms with Crippen LogP contribution in [0.15, 0.2) is 0 Å². The molecule has 3 N–H and O–H groups in total. The number of likely N-dealkylation sites (N-methyl/N-ethyl adjacent to an activating group) is 1. The van der Waals surface area contributed by atoms with E-state index in [0.29, 0.717) is 12.6 Å². The van der Waals surface area contributed by atoms with Crippen LogP contribution >= 0.6 is 0 Å². The smallest absolute Gasteiger partial charge is 0.237 e. The van der Waals surface area contributed by atoms with Gasteiger partial charge in [-0.2, -0.15) is 0 Å². The largest absolute Gasteiger partial charge is 0.353 e. The van der Waals surface area contributed by atoms with Crippen LogP contribution in [0.2, 0.25) is 0 Å². The molecule has 0 aliphatic carbocycles. The first-order valence-corrected chi connectivity index (χ1v) is 6.67. The zero-order valence-electron chi connectivity index (χ0n) is 12.0. The van der Waals surface area contributed by atoms with E-state index in [1.54, 1.807) is 0 Å². The Hall–Kier alpha value is -0.610. The van der Waals surface area contributed by atoms with Gasteiger partial charge in [0.1, 0.15) is 0 Å². The Morgan fingerprint density at radius 2 is 1.88 bits per heavy atom. The first kappa shape index (κ1) is 16.4. The number of carbonyl (C=O) groups is 1. The second-order valence-electron chi connectivity index (χ2n) is 4.94. The SMILES string of the molecule is CCC(C)N(C)CCNC(=O)[C@@H](N)[C@@H](C)CC. The second-order valence-corrected chi connectivity index (χ2v) is 4.94. The van der Waals surface area contributed by atoms with Crippen molar-refractivity contribution < 1.29 is 4.79 Å². The maximum Gasteiger partial charge on any atom is 0.237 e. The highest BCUT2D eigenvalue weighted by Crippen LogP contribution is 2.05. The number of carbonyl (C=O) groups excluding carboxylic acids is 1. The lowest BCUT2D eigenvalue weighted by atomic mass is 9.99. The Kier molecular flexibility index (Phi) is 8.17. The maximum absolute atomic E-state index is 11.7. The lowest BCUT2D eigenvalue weighted by Gasteiger charge is -2.24. The minimum absolute atomic E-state index is 0.0306. The van der Waals surface area contributed by atoms with Gasteiger partial charge in [0, 0.05) is 19.1 Å². The summed E-state index contributed by atoms with van der Waals surface area (Å²) >= 11 is 0. The topological polar surface area (TPSA) is 58.4 Å². The normalized spacial score (nSPS) is 16.6. The molecule has 0 bridgehead atoms. The third kappa shape index (κ3) is 6.03. The first-order chi connectivity index (χ1) is 7.93. The predicted octanol–water partition coefficient (Wildman–Crippen LogP) is 1.21. The van der Waals surface area contributed by atoms with Gasteiger partial charge in [-0.3, -0.25) is 4.79 Å². The van der Waals surface area contributed by atoms with Gasteiger partial charge < -0.3 is 16.0 Å². The van der Waals surface area contributed by atoms with Crippen molar-refractivity contribution in [1.29, 1.82) is 0 Å². The van der Waals surface area contributed by atoms with E-state index in [1.807, 2.05) is 6.92 Å². The molecule has 0 radical (unpaired) electrons. The summed E-state index contributed by atoms with van der Waals surface area (Å²) in [6.45, 7) is 9.95. The van der Waals surface area contributed by atoms with Crippen molar-refractivity contribution >= 4 is 5.91 Å². The van der Waals surface area contributed by atoms with E-state index in [9.17, 15) is 4.79 Å². The molecule has 3 atom stereocenters. The Balaban J connectivity index is 3.85. The molecule has 17 heavy (non-hydrogen) atoms. The molecule has 0 aromatic rings. The van der Waals surface area contributed by atoms with Gasteiger partial charge in [-0.25, -0.2) is 0 Å². The van der Waals surface area contributed by atoms with Crippen LogP contribution in [0.4, 0.5) is 0 Å². The Labute approximate surface area is 106 Å². The third-order valence-corrected chi connectivity index (χ3v) is 3.67. The van der Waals surface area contributed by atoms with E-state index in [-0.39, 0.29) is 17.9 Å². The van der Waals surface area contributed by atoms with Crippen molar-refractivity contribution in [1.82, 2.24) is 10.2 Å². The van der Waals surface area contributed by atoms with Crippen LogP contribution in [-0.2, 0) is 4.79 Å². The van der Waals surface area contributed by atoms with Crippen LogP contribution in [-0.4, -0.2) is 43.0 Å².